The van der Waals surface area contributed by atoms with Crippen LogP contribution >= 0.6 is 0 Å². The Morgan fingerprint density at radius 2 is 1.72 bits per heavy atom. The number of fused-ring (bicyclic) bond motifs is 2. The van der Waals surface area contributed by atoms with Crippen molar-refractivity contribution in [3.05, 3.63) is 102 Å². The molecule has 0 fully saturated rings. The number of nitrogens with one attached hydrogen (secondary N) is 2. The molecule has 5 nitrogen and oxygen atoms in total. The fourth-order valence-corrected chi connectivity index (χ4v) is 3.53. The first kappa shape index (κ1) is 17.3. The lowest BCUT2D eigenvalue weighted by Gasteiger charge is -2.16. The summed E-state index contributed by atoms with van der Waals surface area (Å²) in [5.74, 6) is 0.752. The molecule has 0 unspecified atom stereocenters. The Labute approximate surface area is 167 Å². The molecule has 142 valence electrons. The van der Waals surface area contributed by atoms with Gasteiger partial charge in [-0.2, -0.15) is 0 Å². The number of carbonyl (C=O) groups excluding carboxylic acids is 1. The van der Waals surface area contributed by atoms with E-state index in [-0.39, 0.29) is 11.9 Å². The number of imidazole rings is 1. The average molecular weight is 381 g/mol. The minimum atomic E-state index is -0.314. The van der Waals surface area contributed by atoms with Crippen molar-refractivity contribution in [3.8, 4) is 0 Å². The van der Waals surface area contributed by atoms with Crippen LogP contribution in [-0.4, -0.2) is 15.9 Å². The summed E-state index contributed by atoms with van der Waals surface area (Å²) in [7, 11) is 0. The zero-order chi connectivity index (χ0) is 19.6. The van der Waals surface area contributed by atoms with Gasteiger partial charge < -0.3 is 14.7 Å². The van der Waals surface area contributed by atoms with Gasteiger partial charge in [0.1, 0.15) is 11.4 Å². The Morgan fingerprint density at radius 1 is 0.966 bits per heavy atom. The van der Waals surface area contributed by atoms with Gasteiger partial charge in [-0.15, -0.1) is 0 Å². The topological polar surface area (TPSA) is 70.9 Å². The van der Waals surface area contributed by atoms with Gasteiger partial charge in [-0.1, -0.05) is 60.7 Å². The molecule has 0 spiro atoms. The summed E-state index contributed by atoms with van der Waals surface area (Å²) in [6.07, 6.45) is 0.618. The maximum atomic E-state index is 13.0. The molecule has 5 rings (SSSR count). The van der Waals surface area contributed by atoms with Crippen molar-refractivity contribution in [2.24, 2.45) is 0 Å². The van der Waals surface area contributed by atoms with Gasteiger partial charge in [-0.3, -0.25) is 4.79 Å². The van der Waals surface area contributed by atoms with Gasteiger partial charge in [0, 0.05) is 5.39 Å². The van der Waals surface area contributed by atoms with Crippen molar-refractivity contribution >= 4 is 27.9 Å². The highest BCUT2D eigenvalue weighted by Crippen LogP contribution is 2.22. The molecule has 0 aliphatic heterocycles. The number of hydrogen-bond acceptors (Lipinski definition) is 3. The Balaban J connectivity index is 1.48. The highest BCUT2D eigenvalue weighted by atomic mass is 16.3. The summed E-state index contributed by atoms with van der Waals surface area (Å²) in [4.78, 5) is 21.0. The van der Waals surface area contributed by atoms with E-state index in [0.717, 1.165) is 27.8 Å². The highest BCUT2D eigenvalue weighted by Gasteiger charge is 2.22. The Hall–Kier alpha value is -3.86. The van der Waals surface area contributed by atoms with Crippen molar-refractivity contribution in [3.63, 3.8) is 0 Å². The normalized spacial score (nSPS) is 12.3. The molecular formula is C24H19N3O2. The molecule has 1 amide bonds. The summed E-state index contributed by atoms with van der Waals surface area (Å²) >= 11 is 0. The number of furan rings is 1. The van der Waals surface area contributed by atoms with Crippen LogP contribution in [0.15, 0.2) is 89.3 Å². The number of benzene rings is 3. The lowest BCUT2D eigenvalue weighted by Crippen LogP contribution is -2.30. The van der Waals surface area contributed by atoms with Crippen LogP contribution < -0.4 is 5.32 Å². The first-order valence-electron chi connectivity index (χ1n) is 9.54. The van der Waals surface area contributed by atoms with Crippen LogP contribution in [0.25, 0.3) is 22.0 Å². The Kier molecular flexibility index (Phi) is 4.33. The van der Waals surface area contributed by atoms with E-state index in [4.69, 9.17) is 9.40 Å². The van der Waals surface area contributed by atoms with Crippen molar-refractivity contribution < 1.29 is 9.21 Å². The number of rotatable bonds is 5. The largest absolute Gasteiger partial charge is 0.451 e. The predicted molar refractivity (Wildman–Crippen MR) is 113 cm³/mol. The van der Waals surface area contributed by atoms with Gasteiger partial charge in [0.05, 0.1) is 17.1 Å². The van der Waals surface area contributed by atoms with Gasteiger partial charge in [-0.05, 0) is 36.2 Å². The molecule has 2 N–H and O–H groups in total. The maximum Gasteiger partial charge on any atom is 0.287 e. The third kappa shape index (κ3) is 3.50. The second kappa shape index (κ2) is 7.28. The fourth-order valence-electron chi connectivity index (χ4n) is 3.53. The van der Waals surface area contributed by atoms with Crippen LogP contribution in [0, 0.1) is 0 Å². The molecule has 0 saturated heterocycles. The number of hydrogen-bond donors (Lipinski definition) is 2. The molecule has 0 aliphatic carbocycles. The van der Waals surface area contributed by atoms with Crippen molar-refractivity contribution in [1.82, 2.24) is 15.3 Å². The first-order chi connectivity index (χ1) is 14.3. The second-order valence-electron chi connectivity index (χ2n) is 7.00. The van der Waals surface area contributed by atoms with E-state index in [0.29, 0.717) is 17.8 Å². The van der Waals surface area contributed by atoms with Crippen molar-refractivity contribution in [1.29, 1.82) is 0 Å². The number of amides is 1. The predicted octanol–water partition coefficient (Wildman–Crippen LogP) is 5.02. The quantitative estimate of drug-likeness (QED) is 0.449. The van der Waals surface area contributed by atoms with Crippen LogP contribution in [-0.2, 0) is 6.42 Å². The van der Waals surface area contributed by atoms with Gasteiger partial charge in [-0.25, -0.2) is 4.98 Å². The number of aromatic amines is 1. The highest BCUT2D eigenvalue weighted by molar-refractivity contribution is 5.96. The zero-order valence-electron chi connectivity index (χ0n) is 15.6. The lowest BCUT2D eigenvalue weighted by molar-refractivity contribution is 0.0909. The van der Waals surface area contributed by atoms with Gasteiger partial charge in [0.2, 0.25) is 0 Å². The first-order valence-corrected chi connectivity index (χ1v) is 9.54. The Morgan fingerprint density at radius 3 is 2.55 bits per heavy atom. The molecule has 0 radical (unpaired) electrons. The van der Waals surface area contributed by atoms with Gasteiger partial charge in [0.15, 0.2) is 5.76 Å². The molecule has 2 heterocycles. The molecule has 2 aromatic heterocycles. The van der Waals surface area contributed by atoms with Crippen LogP contribution in [0.4, 0.5) is 0 Å². The Bertz CT molecular complexity index is 1220. The summed E-state index contributed by atoms with van der Waals surface area (Å²) < 4.78 is 5.73. The number of aromatic nitrogens is 2. The van der Waals surface area contributed by atoms with Crippen molar-refractivity contribution in [2.75, 3.05) is 0 Å². The fraction of sp³-hybridized carbons (Fsp3) is 0.0833. The molecule has 5 aromatic rings. The third-order valence-electron chi connectivity index (χ3n) is 4.98. The zero-order valence-corrected chi connectivity index (χ0v) is 15.6. The number of carbonyl (C=O) groups is 1. The van der Waals surface area contributed by atoms with E-state index < -0.39 is 0 Å². The smallest absolute Gasteiger partial charge is 0.287 e. The monoisotopic (exact) mass is 381 g/mol. The molecule has 0 aliphatic rings. The summed E-state index contributed by atoms with van der Waals surface area (Å²) in [5, 5.41) is 4.00. The molecule has 0 bridgehead atoms. The van der Waals surface area contributed by atoms with Crippen LogP contribution in [0.1, 0.15) is 28.0 Å². The standard InChI is InChI=1S/C24H19N3O2/c28-24(22-15-17-10-4-7-13-21(17)29-22)27-20(14-16-8-2-1-3-9-16)23-25-18-11-5-6-12-19(18)26-23/h1-13,15,20H,14H2,(H,25,26)(H,27,28)/t20-/m0/s1. The lowest BCUT2D eigenvalue weighted by atomic mass is 10.1. The van der Waals surface area contributed by atoms with E-state index in [1.165, 1.54) is 0 Å². The molecule has 29 heavy (non-hydrogen) atoms. The van der Waals surface area contributed by atoms with Gasteiger partial charge >= 0.3 is 0 Å². The summed E-state index contributed by atoms with van der Waals surface area (Å²) in [6.45, 7) is 0. The summed E-state index contributed by atoms with van der Waals surface area (Å²) in [5.41, 5.74) is 3.63. The van der Waals surface area contributed by atoms with E-state index in [1.54, 1.807) is 6.07 Å². The number of nitrogens with zero attached hydrogens (tertiary/aromatic N) is 1. The van der Waals surface area contributed by atoms with E-state index in [9.17, 15) is 4.79 Å². The number of para-hydroxylation sites is 3. The molecule has 1 atom stereocenters. The maximum absolute atomic E-state index is 13.0. The van der Waals surface area contributed by atoms with Gasteiger partial charge in [0.25, 0.3) is 5.91 Å². The SMILES string of the molecule is O=C(N[C@@H](Cc1ccccc1)c1nc2ccccc2[nH]1)c1cc2ccccc2o1. The van der Waals surface area contributed by atoms with Crippen LogP contribution in [0.3, 0.4) is 0 Å². The van der Waals surface area contributed by atoms with E-state index in [2.05, 4.69) is 10.3 Å². The van der Waals surface area contributed by atoms with Crippen LogP contribution in [0.5, 0.6) is 0 Å². The minimum absolute atomic E-state index is 0.261. The van der Waals surface area contributed by atoms with Crippen LogP contribution in [0.2, 0.25) is 0 Å². The van der Waals surface area contributed by atoms with E-state index >= 15 is 0 Å². The number of H-pyrrole nitrogens is 1. The molecule has 0 saturated carbocycles. The molecule has 3 aromatic carbocycles. The minimum Gasteiger partial charge on any atom is -0.451 e. The summed E-state index contributed by atoms with van der Waals surface area (Å²) in [6, 6.07) is 26.9. The molecular weight excluding hydrogens is 362 g/mol. The second-order valence-corrected chi connectivity index (χ2v) is 7.00. The molecule has 5 heteroatoms. The third-order valence-corrected chi connectivity index (χ3v) is 4.98. The van der Waals surface area contributed by atoms with E-state index in [1.807, 2.05) is 78.9 Å². The van der Waals surface area contributed by atoms with Crippen molar-refractivity contribution in [2.45, 2.75) is 12.5 Å². The average Bonchev–Trinajstić information content (AvgIpc) is 3.38.